The summed E-state index contributed by atoms with van der Waals surface area (Å²) in [6, 6.07) is 4.71. The van der Waals surface area contributed by atoms with E-state index >= 15 is 0 Å². The molecule has 3 rings (SSSR count). The fraction of sp³-hybridized carbons (Fsp3) is 0.588. The Morgan fingerprint density at radius 3 is 2.79 bits per heavy atom. The summed E-state index contributed by atoms with van der Waals surface area (Å²) in [5.41, 5.74) is 0.636. The van der Waals surface area contributed by atoms with Crippen LogP contribution < -0.4 is 10.6 Å². The van der Waals surface area contributed by atoms with Crippen molar-refractivity contribution in [3.8, 4) is 0 Å². The highest BCUT2D eigenvalue weighted by molar-refractivity contribution is 5.95. The molecule has 1 aliphatic carbocycles. The Hall–Kier alpha value is -2.15. The van der Waals surface area contributed by atoms with E-state index in [0.717, 1.165) is 25.7 Å². The molecular weight excluding hydrogens is 310 g/mol. The molecule has 1 spiro atoms. The van der Waals surface area contributed by atoms with Gasteiger partial charge < -0.3 is 15.4 Å². The molecule has 1 saturated heterocycles. The minimum absolute atomic E-state index is 0.0489. The first-order chi connectivity index (χ1) is 11.5. The van der Waals surface area contributed by atoms with Gasteiger partial charge in [0.2, 0.25) is 0 Å². The fourth-order valence-corrected chi connectivity index (χ4v) is 3.83. The predicted molar refractivity (Wildman–Crippen MR) is 90.3 cm³/mol. The van der Waals surface area contributed by atoms with Crippen LogP contribution in [0, 0.1) is 10.1 Å². The Labute approximate surface area is 140 Å². The second kappa shape index (κ2) is 6.76. The lowest BCUT2D eigenvalue weighted by molar-refractivity contribution is -0.384. The zero-order valence-electron chi connectivity index (χ0n) is 13.8. The standard InChI is InChI=1S/C17H23N3O4/c1-18-16(21)12-4-5-14(15(10-12)20(22)23)19-13-6-9-24-17(11-13)7-2-3-8-17/h4-5,10,13,19H,2-3,6-9,11H2,1H3,(H,18,21). The molecule has 24 heavy (non-hydrogen) atoms. The van der Waals surface area contributed by atoms with Crippen LogP contribution >= 0.6 is 0 Å². The third kappa shape index (κ3) is 3.36. The van der Waals surface area contributed by atoms with E-state index in [1.54, 1.807) is 12.1 Å². The molecule has 7 nitrogen and oxygen atoms in total. The average Bonchev–Trinajstić information content (AvgIpc) is 3.02. The smallest absolute Gasteiger partial charge is 0.293 e. The number of benzene rings is 1. The monoisotopic (exact) mass is 333 g/mol. The van der Waals surface area contributed by atoms with Gasteiger partial charge in [0.1, 0.15) is 5.69 Å². The van der Waals surface area contributed by atoms with E-state index in [1.165, 1.54) is 26.0 Å². The van der Waals surface area contributed by atoms with Crippen molar-refractivity contribution in [2.45, 2.75) is 50.2 Å². The van der Waals surface area contributed by atoms with Crippen molar-refractivity contribution in [1.29, 1.82) is 0 Å². The summed E-state index contributed by atoms with van der Waals surface area (Å²) in [5.74, 6) is -0.333. The summed E-state index contributed by atoms with van der Waals surface area (Å²) in [7, 11) is 1.50. The first-order valence-electron chi connectivity index (χ1n) is 8.44. The number of rotatable bonds is 4. The van der Waals surface area contributed by atoms with Crippen LogP contribution in [-0.2, 0) is 4.74 Å². The maximum Gasteiger partial charge on any atom is 0.293 e. The van der Waals surface area contributed by atoms with Gasteiger partial charge in [0, 0.05) is 31.3 Å². The summed E-state index contributed by atoms with van der Waals surface area (Å²) < 4.78 is 6.01. The van der Waals surface area contributed by atoms with Gasteiger partial charge in [0.15, 0.2) is 0 Å². The van der Waals surface area contributed by atoms with Crippen LogP contribution in [0.4, 0.5) is 11.4 Å². The number of carbonyl (C=O) groups is 1. The molecule has 1 heterocycles. The first-order valence-corrected chi connectivity index (χ1v) is 8.44. The zero-order chi connectivity index (χ0) is 17.2. The topological polar surface area (TPSA) is 93.5 Å². The molecule has 0 aromatic heterocycles. The van der Waals surface area contributed by atoms with Crippen LogP contribution in [-0.4, -0.2) is 36.1 Å². The van der Waals surface area contributed by atoms with Gasteiger partial charge in [-0.25, -0.2) is 0 Å². The number of hydrogen-bond acceptors (Lipinski definition) is 5. The minimum Gasteiger partial charge on any atom is -0.377 e. The largest absolute Gasteiger partial charge is 0.377 e. The van der Waals surface area contributed by atoms with Crippen molar-refractivity contribution in [2.75, 3.05) is 19.0 Å². The number of amides is 1. The SMILES string of the molecule is CNC(=O)c1ccc(NC2CCOC3(CCCC3)C2)c([N+](=O)[O-])c1. The summed E-state index contributed by atoms with van der Waals surface area (Å²) in [5, 5.41) is 17.2. The Morgan fingerprint density at radius 2 is 2.12 bits per heavy atom. The number of nitrogens with one attached hydrogen (secondary N) is 2. The summed E-state index contributed by atoms with van der Waals surface area (Å²) >= 11 is 0. The molecule has 1 saturated carbocycles. The molecule has 130 valence electrons. The van der Waals surface area contributed by atoms with E-state index in [9.17, 15) is 14.9 Å². The molecule has 0 radical (unpaired) electrons. The molecule has 1 amide bonds. The van der Waals surface area contributed by atoms with Gasteiger partial charge in [-0.2, -0.15) is 0 Å². The Morgan fingerprint density at radius 1 is 1.38 bits per heavy atom. The molecule has 0 bridgehead atoms. The van der Waals surface area contributed by atoms with E-state index in [0.29, 0.717) is 12.3 Å². The van der Waals surface area contributed by atoms with Crippen LogP contribution in [0.3, 0.4) is 0 Å². The highest BCUT2D eigenvalue weighted by atomic mass is 16.6. The minimum atomic E-state index is -0.445. The average molecular weight is 333 g/mol. The molecule has 2 aliphatic rings. The van der Waals surface area contributed by atoms with E-state index in [1.807, 2.05) is 0 Å². The summed E-state index contributed by atoms with van der Waals surface area (Å²) in [6.45, 7) is 0.682. The molecule has 7 heteroatoms. The maximum absolute atomic E-state index is 11.7. The number of carbonyl (C=O) groups excluding carboxylic acids is 1. The van der Waals surface area contributed by atoms with E-state index in [-0.39, 0.29) is 28.8 Å². The molecule has 2 fully saturated rings. The van der Waals surface area contributed by atoms with Crippen molar-refractivity contribution < 1.29 is 14.5 Å². The van der Waals surface area contributed by atoms with Crippen LogP contribution in [0.1, 0.15) is 48.9 Å². The van der Waals surface area contributed by atoms with Gasteiger partial charge in [-0.1, -0.05) is 12.8 Å². The molecule has 1 atom stereocenters. The van der Waals surface area contributed by atoms with Gasteiger partial charge in [-0.15, -0.1) is 0 Å². The molecule has 1 aliphatic heterocycles. The highest BCUT2D eigenvalue weighted by Gasteiger charge is 2.40. The lowest BCUT2D eigenvalue weighted by atomic mass is 9.88. The Balaban J connectivity index is 1.78. The van der Waals surface area contributed by atoms with E-state index in [2.05, 4.69) is 10.6 Å². The quantitative estimate of drug-likeness (QED) is 0.653. The second-order valence-corrected chi connectivity index (χ2v) is 6.64. The van der Waals surface area contributed by atoms with E-state index in [4.69, 9.17) is 4.74 Å². The Kier molecular flexibility index (Phi) is 4.71. The van der Waals surface area contributed by atoms with Gasteiger partial charge in [0.25, 0.3) is 11.6 Å². The lowest BCUT2D eigenvalue weighted by Crippen LogP contribution is -2.42. The Bertz CT molecular complexity index is 641. The van der Waals surface area contributed by atoms with Gasteiger partial charge >= 0.3 is 0 Å². The number of nitro groups is 1. The van der Waals surface area contributed by atoms with Crippen molar-refractivity contribution in [2.24, 2.45) is 0 Å². The molecular formula is C17H23N3O4. The van der Waals surface area contributed by atoms with Crippen LogP contribution in [0.15, 0.2) is 18.2 Å². The van der Waals surface area contributed by atoms with Crippen LogP contribution in [0.2, 0.25) is 0 Å². The highest BCUT2D eigenvalue weighted by Crippen LogP contribution is 2.41. The van der Waals surface area contributed by atoms with Gasteiger partial charge in [0.05, 0.1) is 10.5 Å². The van der Waals surface area contributed by atoms with Crippen LogP contribution in [0.5, 0.6) is 0 Å². The van der Waals surface area contributed by atoms with E-state index < -0.39 is 4.92 Å². The molecule has 1 unspecified atom stereocenters. The lowest BCUT2D eigenvalue weighted by Gasteiger charge is -2.38. The normalized spacial score (nSPS) is 22.3. The van der Waals surface area contributed by atoms with Crippen molar-refractivity contribution >= 4 is 17.3 Å². The number of anilines is 1. The maximum atomic E-state index is 11.7. The zero-order valence-corrected chi connectivity index (χ0v) is 13.8. The van der Waals surface area contributed by atoms with Crippen molar-refractivity contribution in [3.63, 3.8) is 0 Å². The number of nitro benzene ring substituents is 1. The van der Waals surface area contributed by atoms with Crippen molar-refractivity contribution in [3.05, 3.63) is 33.9 Å². The third-order valence-electron chi connectivity index (χ3n) is 5.05. The van der Waals surface area contributed by atoms with Gasteiger partial charge in [-0.3, -0.25) is 14.9 Å². The van der Waals surface area contributed by atoms with Crippen molar-refractivity contribution in [1.82, 2.24) is 5.32 Å². The fourth-order valence-electron chi connectivity index (χ4n) is 3.83. The first kappa shape index (κ1) is 16.7. The molecule has 1 aromatic carbocycles. The molecule has 2 N–H and O–H groups in total. The summed E-state index contributed by atoms with van der Waals surface area (Å²) in [4.78, 5) is 22.6. The van der Waals surface area contributed by atoms with Gasteiger partial charge in [-0.05, 0) is 37.8 Å². The second-order valence-electron chi connectivity index (χ2n) is 6.64. The van der Waals surface area contributed by atoms with Crippen LogP contribution in [0.25, 0.3) is 0 Å². The predicted octanol–water partition coefficient (Wildman–Crippen LogP) is 2.86. The third-order valence-corrected chi connectivity index (χ3v) is 5.05. The molecule has 1 aromatic rings. The number of nitrogens with zero attached hydrogens (tertiary/aromatic N) is 1. The number of hydrogen-bond donors (Lipinski definition) is 2. The summed E-state index contributed by atoms with van der Waals surface area (Å²) in [6.07, 6.45) is 6.23. The number of ether oxygens (including phenoxy) is 1.